The summed E-state index contributed by atoms with van der Waals surface area (Å²) >= 11 is 12.9. The Bertz CT molecular complexity index is 819. The zero-order valence-corrected chi connectivity index (χ0v) is 15.3. The van der Waals surface area contributed by atoms with Crippen molar-refractivity contribution < 1.29 is 0 Å². The van der Waals surface area contributed by atoms with Gasteiger partial charge in [-0.15, -0.1) is 11.3 Å². The Hall–Kier alpha value is -2.02. The van der Waals surface area contributed by atoms with Crippen molar-refractivity contribution in [3.8, 4) is 10.6 Å². The van der Waals surface area contributed by atoms with E-state index in [9.17, 15) is 0 Å². The van der Waals surface area contributed by atoms with E-state index in [-0.39, 0.29) is 6.04 Å². The molecule has 2 aromatic heterocycles. The van der Waals surface area contributed by atoms with Gasteiger partial charge in [-0.05, 0) is 54.4 Å². The summed E-state index contributed by atoms with van der Waals surface area (Å²) in [5.41, 5.74) is 1.97. The van der Waals surface area contributed by atoms with Gasteiger partial charge in [0.15, 0.2) is 5.11 Å². The van der Waals surface area contributed by atoms with Crippen molar-refractivity contribution in [2.24, 2.45) is 0 Å². The van der Waals surface area contributed by atoms with Crippen molar-refractivity contribution in [3.05, 3.63) is 64.6 Å². The molecule has 7 heteroatoms. The molecule has 0 fully saturated rings. The Balaban J connectivity index is 1.64. The van der Waals surface area contributed by atoms with Gasteiger partial charge in [0.25, 0.3) is 0 Å². The molecular weight excluding hydrogens is 360 g/mol. The Morgan fingerprint density at radius 2 is 2.00 bits per heavy atom. The van der Waals surface area contributed by atoms with Gasteiger partial charge in [-0.1, -0.05) is 29.8 Å². The predicted octanol–water partition coefficient (Wildman–Crippen LogP) is 4.91. The number of thiophene rings is 1. The predicted molar refractivity (Wildman–Crippen MR) is 105 cm³/mol. The maximum Gasteiger partial charge on any atom is 0.229 e. The van der Waals surface area contributed by atoms with Gasteiger partial charge in [0, 0.05) is 11.2 Å². The molecule has 3 rings (SSSR count). The number of nitrogens with one attached hydrogen (secondary N) is 2. The molecule has 1 atom stereocenters. The van der Waals surface area contributed by atoms with E-state index in [2.05, 4.69) is 20.6 Å². The normalized spacial score (nSPS) is 11.8. The van der Waals surface area contributed by atoms with Crippen molar-refractivity contribution in [2.75, 3.05) is 5.32 Å². The number of halogens is 1. The maximum absolute atomic E-state index is 5.91. The summed E-state index contributed by atoms with van der Waals surface area (Å²) in [5.74, 6) is 0.474. The Morgan fingerprint density at radius 3 is 2.71 bits per heavy atom. The maximum atomic E-state index is 5.91. The van der Waals surface area contributed by atoms with Crippen LogP contribution in [0.5, 0.6) is 0 Å². The van der Waals surface area contributed by atoms with Crippen LogP contribution in [0.15, 0.2) is 54.0 Å². The third-order valence-corrected chi connectivity index (χ3v) is 4.74. The minimum atomic E-state index is 0.0442. The summed E-state index contributed by atoms with van der Waals surface area (Å²) in [6.45, 7) is 2.03. The highest BCUT2D eigenvalue weighted by Gasteiger charge is 2.09. The van der Waals surface area contributed by atoms with E-state index in [1.807, 2.05) is 54.8 Å². The third-order valence-electron chi connectivity index (χ3n) is 3.37. The van der Waals surface area contributed by atoms with Crippen LogP contribution in [0.1, 0.15) is 18.5 Å². The summed E-state index contributed by atoms with van der Waals surface area (Å²) in [6, 6.07) is 13.6. The second-order valence-corrected chi connectivity index (χ2v) is 6.91. The number of hydrogen-bond acceptors (Lipinski definition) is 4. The van der Waals surface area contributed by atoms with Crippen LogP contribution in [-0.2, 0) is 0 Å². The fraction of sp³-hybridized carbons (Fsp3) is 0.118. The molecule has 24 heavy (non-hydrogen) atoms. The average molecular weight is 375 g/mol. The fourth-order valence-electron chi connectivity index (χ4n) is 2.15. The minimum absolute atomic E-state index is 0.0442. The molecule has 3 aromatic rings. The SMILES string of the molecule is CC(NC(=S)Nc1nccc(-c2cccs2)n1)c1ccc(Cl)cc1. The largest absolute Gasteiger partial charge is 0.356 e. The minimum Gasteiger partial charge on any atom is -0.356 e. The zero-order chi connectivity index (χ0) is 16.9. The van der Waals surface area contributed by atoms with E-state index >= 15 is 0 Å². The average Bonchev–Trinajstić information content (AvgIpc) is 3.10. The number of thiocarbonyl (C=S) groups is 1. The first-order valence-electron chi connectivity index (χ1n) is 7.32. The number of anilines is 1. The molecule has 0 aliphatic carbocycles. The summed E-state index contributed by atoms with van der Waals surface area (Å²) in [6.07, 6.45) is 1.72. The molecule has 4 nitrogen and oxygen atoms in total. The molecule has 0 saturated heterocycles. The topological polar surface area (TPSA) is 49.8 Å². The molecule has 0 spiro atoms. The third kappa shape index (κ3) is 4.29. The van der Waals surface area contributed by atoms with Crippen LogP contribution in [0.25, 0.3) is 10.6 Å². The molecule has 0 aliphatic rings. The van der Waals surface area contributed by atoms with Gasteiger partial charge >= 0.3 is 0 Å². The number of hydrogen-bond donors (Lipinski definition) is 2. The molecule has 1 aromatic carbocycles. The van der Waals surface area contributed by atoms with Gasteiger partial charge in [-0.3, -0.25) is 0 Å². The van der Waals surface area contributed by atoms with E-state index in [0.29, 0.717) is 16.1 Å². The first-order valence-corrected chi connectivity index (χ1v) is 8.98. The van der Waals surface area contributed by atoms with Crippen LogP contribution in [0, 0.1) is 0 Å². The molecule has 122 valence electrons. The van der Waals surface area contributed by atoms with Crippen LogP contribution in [0.4, 0.5) is 5.95 Å². The smallest absolute Gasteiger partial charge is 0.229 e. The molecule has 1 unspecified atom stereocenters. The summed E-state index contributed by atoms with van der Waals surface area (Å²) in [4.78, 5) is 9.80. The molecule has 0 amide bonds. The highest BCUT2D eigenvalue weighted by atomic mass is 35.5. The van der Waals surface area contributed by atoms with Crippen LogP contribution in [0.3, 0.4) is 0 Å². The van der Waals surface area contributed by atoms with E-state index in [1.165, 1.54) is 0 Å². The summed E-state index contributed by atoms with van der Waals surface area (Å²) in [5, 5.41) is 9.46. The second kappa shape index (κ2) is 7.70. The van der Waals surface area contributed by atoms with Crippen LogP contribution >= 0.6 is 35.2 Å². The lowest BCUT2D eigenvalue weighted by Gasteiger charge is -2.17. The molecule has 2 heterocycles. The number of rotatable bonds is 4. The number of benzene rings is 1. The molecule has 0 saturated carbocycles. The zero-order valence-electron chi connectivity index (χ0n) is 12.9. The summed E-state index contributed by atoms with van der Waals surface area (Å²) in [7, 11) is 0. The second-order valence-electron chi connectivity index (χ2n) is 5.11. The van der Waals surface area contributed by atoms with E-state index in [4.69, 9.17) is 23.8 Å². The van der Waals surface area contributed by atoms with Crippen LogP contribution < -0.4 is 10.6 Å². The number of aromatic nitrogens is 2. The van der Waals surface area contributed by atoms with Crippen molar-refractivity contribution in [3.63, 3.8) is 0 Å². The van der Waals surface area contributed by atoms with Gasteiger partial charge in [0.2, 0.25) is 5.95 Å². The monoisotopic (exact) mass is 374 g/mol. The van der Waals surface area contributed by atoms with Crippen molar-refractivity contribution >= 4 is 46.2 Å². The lowest BCUT2D eigenvalue weighted by atomic mass is 10.1. The van der Waals surface area contributed by atoms with Crippen LogP contribution in [0.2, 0.25) is 5.02 Å². The van der Waals surface area contributed by atoms with Crippen molar-refractivity contribution in [1.29, 1.82) is 0 Å². The van der Waals surface area contributed by atoms with Crippen LogP contribution in [-0.4, -0.2) is 15.1 Å². The molecule has 0 radical (unpaired) electrons. The lowest BCUT2D eigenvalue weighted by Crippen LogP contribution is -2.31. The highest BCUT2D eigenvalue weighted by molar-refractivity contribution is 7.80. The van der Waals surface area contributed by atoms with Crippen molar-refractivity contribution in [1.82, 2.24) is 15.3 Å². The first kappa shape index (κ1) is 16.8. The molecular formula is C17H15ClN4S2. The van der Waals surface area contributed by atoms with Gasteiger partial charge in [0.05, 0.1) is 16.6 Å². The first-order chi connectivity index (χ1) is 11.6. The number of nitrogens with zero attached hydrogens (tertiary/aromatic N) is 2. The van der Waals surface area contributed by atoms with Crippen molar-refractivity contribution in [2.45, 2.75) is 13.0 Å². The quantitative estimate of drug-likeness (QED) is 0.635. The van der Waals surface area contributed by atoms with E-state index in [1.54, 1.807) is 17.5 Å². The van der Waals surface area contributed by atoms with Gasteiger partial charge in [-0.25, -0.2) is 9.97 Å². The standard InChI is InChI=1S/C17H15ClN4S2/c1-11(12-4-6-13(18)7-5-12)20-17(23)22-16-19-9-8-14(21-16)15-3-2-10-24-15/h2-11H,1H3,(H2,19,20,21,22,23). The summed E-state index contributed by atoms with van der Waals surface area (Å²) < 4.78 is 0. The van der Waals surface area contributed by atoms with E-state index < -0.39 is 0 Å². The highest BCUT2D eigenvalue weighted by Crippen LogP contribution is 2.23. The van der Waals surface area contributed by atoms with Gasteiger partial charge in [-0.2, -0.15) is 0 Å². The fourth-order valence-corrected chi connectivity index (χ4v) is 3.24. The Labute approximate surface area is 154 Å². The molecule has 0 aliphatic heterocycles. The molecule has 2 N–H and O–H groups in total. The molecule has 0 bridgehead atoms. The van der Waals surface area contributed by atoms with Gasteiger partial charge < -0.3 is 10.6 Å². The lowest BCUT2D eigenvalue weighted by molar-refractivity contribution is 0.722. The Kier molecular flexibility index (Phi) is 5.40. The van der Waals surface area contributed by atoms with Gasteiger partial charge in [0.1, 0.15) is 0 Å². The van der Waals surface area contributed by atoms with E-state index in [0.717, 1.165) is 16.1 Å². The Morgan fingerprint density at radius 1 is 1.21 bits per heavy atom.